The van der Waals surface area contributed by atoms with Gasteiger partial charge in [0.15, 0.2) is 0 Å². The zero-order valence-corrected chi connectivity index (χ0v) is 13.9. The largest absolute Gasteiger partial charge is 0.354 e. The molecule has 5 nitrogen and oxygen atoms in total. The van der Waals surface area contributed by atoms with Crippen LogP contribution in [-0.4, -0.2) is 43.5 Å². The average Bonchev–Trinajstić information content (AvgIpc) is 2.22. The minimum Gasteiger partial charge on any atom is -0.354 e. The third kappa shape index (κ3) is 5.76. The average molecular weight is 287 g/mol. The first kappa shape index (κ1) is 18.1. The van der Waals surface area contributed by atoms with Gasteiger partial charge in [0.1, 0.15) is 7.29 Å². The van der Waals surface area contributed by atoms with Gasteiger partial charge in [-0.15, -0.1) is 0 Å². The molecule has 0 radical (unpaired) electrons. The summed E-state index contributed by atoms with van der Waals surface area (Å²) in [7, 11) is -0.560. The number of nitrogens with one attached hydrogen (secondary N) is 1. The summed E-state index contributed by atoms with van der Waals surface area (Å²) in [5.41, 5.74) is -0.606. The second kappa shape index (κ2) is 6.54. The number of carbonyl (C=O) groups is 1. The maximum atomic E-state index is 12.1. The highest BCUT2D eigenvalue weighted by Gasteiger charge is 2.36. The summed E-state index contributed by atoms with van der Waals surface area (Å²) in [6.45, 7) is 10.9. The summed E-state index contributed by atoms with van der Waals surface area (Å²) in [6.07, 6.45) is 0. The normalized spacial score (nSPS) is 15.7. The van der Waals surface area contributed by atoms with Crippen molar-refractivity contribution in [3.63, 3.8) is 0 Å². The zero-order valence-electron chi connectivity index (χ0n) is 13.0. The molecule has 0 spiro atoms. The number of nitrogens with zero attached hydrogens (tertiary/aromatic N) is 2. The van der Waals surface area contributed by atoms with Gasteiger partial charge >= 0.3 is 0 Å². The van der Waals surface area contributed by atoms with E-state index in [1.165, 1.54) is 6.92 Å². The van der Waals surface area contributed by atoms with Crippen LogP contribution in [-0.2, 0) is 9.36 Å². The quantitative estimate of drug-likeness (QED) is 0.760. The van der Waals surface area contributed by atoms with Gasteiger partial charge in [0, 0.05) is 38.8 Å². The van der Waals surface area contributed by atoms with Crippen LogP contribution in [0.5, 0.6) is 0 Å². The topological polar surface area (TPSA) is 73.2 Å². The summed E-state index contributed by atoms with van der Waals surface area (Å²) in [4.78, 5) is 11.2. The molecule has 1 amide bonds. The van der Waals surface area contributed by atoms with Crippen molar-refractivity contribution in [2.24, 2.45) is 11.3 Å². The third-order valence-electron chi connectivity index (χ3n) is 3.53. The van der Waals surface area contributed by atoms with Crippen LogP contribution in [0, 0.1) is 22.7 Å². The van der Waals surface area contributed by atoms with E-state index in [1.807, 2.05) is 20.8 Å². The number of rotatable bonds is 6. The molecule has 0 aliphatic carbocycles. The van der Waals surface area contributed by atoms with Gasteiger partial charge in [-0.3, -0.25) is 9.46 Å². The summed E-state index contributed by atoms with van der Waals surface area (Å²) < 4.78 is 13.9. The van der Waals surface area contributed by atoms with E-state index < -0.39 is 12.7 Å². The third-order valence-corrected chi connectivity index (χ3v) is 5.34. The van der Waals surface area contributed by atoms with Gasteiger partial charge in [0.25, 0.3) is 0 Å². The highest BCUT2D eigenvalue weighted by Crippen LogP contribution is 2.42. The fraction of sp³-hybridized carbons (Fsp3) is 0.846. The summed E-state index contributed by atoms with van der Waals surface area (Å²) >= 11 is 0. The Kier molecular flexibility index (Phi) is 6.25. The highest BCUT2D eigenvalue weighted by molar-refractivity contribution is 7.59. The van der Waals surface area contributed by atoms with E-state index in [1.54, 1.807) is 25.0 Å². The van der Waals surface area contributed by atoms with E-state index in [4.69, 9.17) is 0 Å². The fourth-order valence-corrected chi connectivity index (χ4v) is 2.57. The molecule has 0 aromatic rings. The van der Waals surface area contributed by atoms with E-state index >= 15 is 0 Å². The standard InChI is InChI=1S/C13H26N3O2P/c1-10(15-11(2)17)12(13(3,4)9-14)8-16(5)19(6,7)18/h10,12H,8H2,1-7H3,(H,15,17). The van der Waals surface area contributed by atoms with Crippen molar-refractivity contribution in [1.29, 1.82) is 5.26 Å². The number of carbonyl (C=O) groups excluding carboxylic acids is 1. The smallest absolute Gasteiger partial charge is 0.217 e. The van der Waals surface area contributed by atoms with Crippen LogP contribution in [0.25, 0.3) is 0 Å². The molecule has 0 saturated carbocycles. The molecule has 110 valence electrons. The predicted molar refractivity (Wildman–Crippen MR) is 78.2 cm³/mol. The molecule has 0 fully saturated rings. The lowest BCUT2D eigenvalue weighted by Gasteiger charge is -2.37. The fourth-order valence-electron chi connectivity index (χ4n) is 2.00. The van der Waals surface area contributed by atoms with Crippen molar-refractivity contribution in [2.45, 2.75) is 33.7 Å². The Hall–Kier alpha value is -0.850. The maximum absolute atomic E-state index is 12.1. The van der Waals surface area contributed by atoms with Crippen molar-refractivity contribution in [3.05, 3.63) is 0 Å². The van der Waals surface area contributed by atoms with Gasteiger partial charge in [-0.2, -0.15) is 5.26 Å². The van der Waals surface area contributed by atoms with E-state index in [0.29, 0.717) is 6.54 Å². The molecular formula is C13H26N3O2P. The molecule has 2 atom stereocenters. The second-order valence-corrected chi connectivity index (χ2v) is 9.33. The highest BCUT2D eigenvalue weighted by atomic mass is 31.2. The van der Waals surface area contributed by atoms with E-state index in [2.05, 4.69) is 11.4 Å². The number of amides is 1. The Morgan fingerprint density at radius 3 is 2.26 bits per heavy atom. The van der Waals surface area contributed by atoms with E-state index in [-0.39, 0.29) is 17.9 Å². The summed E-state index contributed by atoms with van der Waals surface area (Å²) in [5.74, 6) is -0.218. The van der Waals surface area contributed by atoms with Crippen LogP contribution in [0.2, 0.25) is 0 Å². The summed E-state index contributed by atoms with van der Waals surface area (Å²) in [6, 6.07) is 2.13. The van der Waals surface area contributed by atoms with Crippen LogP contribution in [0.4, 0.5) is 0 Å². The molecular weight excluding hydrogens is 261 g/mol. The zero-order chi connectivity index (χ0) is 15.4. The van der Waals surface area contributed by atoms with Crippen LogP contribution < -0.4 is 5.32 Å². The molecule has 0 heterocycles. The van der Waals surface area contributed by atoms with Crippen molar-refractivity contribution >= 4 is 13.2 Å². The van der Waals surface area contributed by atoms with Gasteiger partial charge in [-0.1, -0.05) is 0 Å². The van der Waals surface area contributed by atoms with Crippen molar-refractivity contribution < 1.29 is 9.36 Å². The summed E-state index contributed by atoms with van der Waals surface area (Å²) in [5, 5.41) is 12.1. The molecule has 0 rings (SSSR count). The van der Waals surface area contributed by atoms with E-state index in [9.17, 15) is 14.6 Å². The van der Waals surface area contributed by atoms with Crippen LogP contribution >= 0.6 is 7.29 Å². The first-order chi connectivity index (χ1) is 8.41. The minimum atomic E-state index is -2.35. The Balaban J connectivity index is 5.16. The van der Waals surface area contributed by atoms with E-state index in [0.717, 1.165) is 0 Å². The molecule has 6 heteroatoms. The SMILES string of the molecule is CC(=O)NC(C)C(CN(C)P(C)(C)=O)C(C)(C)C#N. The second-order valence-electron chi connectivity index (χ2n) is 6.06. The van der Waals surface area contributed by atoms with Gasteiger partial charge < -0.3 is 9.88 Å². The van der Waals surface area contributed by atoms with Crippen LogP contribution in [0.15, 0.2) is 0 Å². The molecule has 0 saturated heterocycles. The lowest BCUT2D eigenvalue weighted by Crippen LogP contribution is -2.47. The lowest BCUT2D eigenvalue weighted by molar-refractivity contribution is -0.120. The maximum Gasteiger partial charge on any atom is 0.217 e. The molecule has 2 unspecified atom stereocenters. The van der Waals surface area contributed by atoms with Gasteiger partial charge in [-0.05, 0) is 27.8 Å². The first-order valence-corrected chi connectivity index (χ1v) is 8.92. The minimum absolute atomic E-state index is 0.0976. The van der Waals surface area contributed by atoms with Crippen molar-refractivity contribution in [1.82, 2.24) is 9.99 Å². The van der Waals surface area contributed by atoms with Crippen molar-refractivity contribution in [3.8, 4) is 6.07 Å². The van der Waals surface area contributed by atoms with Crippen LogP contribution in [0.1, 0.15) is 27.7 Å². The number of hydrogen-bond donors (Lipinski definition) is 1. The number of hydrogen-bond acceptors (Lipinski definition) is 3. The molecule has 0 aromatic carbocycles. The Labute approximate surface area is 116 Å². The number of nitriles is 1. The van der Waals surface area contributed by atoms with Crippen molar-refractivity contribution in [2.75, 3.05) is 26.9 Å². The van der Waals surface area contributed by atoms with Gasteiger partial charge in [-0.25, -0.2) is 0 Å². The van der Waals surface area contributed by atoms with Crippen LogP contribution in [0.3, 0.4) is 0 Å². The first-order valence-electron chi connectivity index (χ1n) is 6.36. The molecule has 1 N–H and O–H groups in total. The Morgan fingerprint density at radius 2 is 1.95 bits per heavy atom. The molecule has 0 aromatic heterocycles. The molecule has 0 bridgehead atoms. The Bertz CT molecular complexity index is 409. The molecule has 19 heavy (non-hydrogen) atoms. The lowest BCUT2D eigenvalue weighted by atomic mass is 9.76. The monoisotopic (exact) mass is 287 g/mol. The van der Waals surface area contributed by atoms with Gasteiger partial charge in [0.05, 0.1) is 11.5 Å². The van der Waals surface area contributed by atoms with Gasteiger partial charge in [0.2, 0.25) is 5.91 Å². The Morgan fingerprint density at radius 1 is 1.47 bits per heavy atom. The molecule has 0 aliphatic rings. The predicted octanol–water partition coefficient (Wildman–Crippen LogP) is 2.15. The molecule has 0 aliphatic heterocycles.